The van der Waals surface area contributed by atoms with E-state index in [-0.39, 0.29) is 17.2 Å². The van der Waals surface area contributed by atoms with E-state index in [4.69, 9.17) is 0 Å². The SMILES string of the molecule is C[C@H](C(=O)N1Cc2ccccc2CC2(CCN(Cc3ccncc3)CC2)C1)c1ccccc1. The van der Waals surface area contributed by atoms with Gasteiger partial charge in [0.15, 0.2) is 0 Å². The van der Waals surface area contributed by atoms with Crippen LogP contribution in [0.15, 0.2) is 79.1 Å². The number of pyridine rings is 1. The molecule has 2 aliphatic rings. The van der Waals surface area contributed by atoms with Crippen LogP contribution in [0.4, 0.5) is 0 Å². The largest absolute Gasteiger partial charge is 0.337 e. The van der Waals surface area contributed by atoms with Crippen molar-refractivity contribution in [1.29, 1.82) is 0 Å². The molecular formula is C29H33N3O. The van der Waals surface area contributed by atoms with Gasteiger partial charge in [-0.25, -0.2) is 0 Å². The van der Waals surface area contributed by atoms with Crippen LogP contribution in [0, 0.1) is 5.41 Å². The zero-order chi connectivity index (χ0) is 22.7. The molecule has 2 aromatic carbocycles. The summed E-state index contributed by atoms with van der Waals surface area (Å²) in [5.74, 6) is 0.122. The van der Waals surface area contributed by atoms with Crippen LogP contribution in [0.25, 0.3) is 0 Å². The van der Waals surface area contributed by atoms with Crippen molar-refractivity contribution in [3.05, 3.63) is 101 Å². The molecule has 1 fully saturated rings. The Hall–Kier alpha value is -2.98. The van der Waals surface area contributed by atoms with Gasteiger partial charge in [0.1, 0.15) is 0 Å². The summed E-state index contributed by atoms with van der Waals surface area (Å²) in [5.41, 5.74) is 5.29. The summed E-state index contributed by atoms with van der Waals surface area (Å²) >= 11 is 0. The highest BCUT2D eigenvalue weighted by molar-refractivity contribution is 5.83. The molecule has 1 spiro atoms. The maximum absolute atomic E-state index is 13.7. The van der Waals surface area contributed by atoms with Crippen LogP contribution in [0.5, 0.6) is 0 Å². The van der Waals surface area contributed by atoms with Crippen molar-refractivity contribution in [3.63, 3.8) is 0 Å². The normalized spacial score (nSPS) is 19.0. The first-order valence-electron chi connectivity index (χ1n) is 12.1. The fourth-order valence-electron chi connectivity index (χ4n) is 5.59. The van der Waals surface area contributed by atoms with Gasteiger partial charge in [-0.1, -0.05) is 54.6 Å². The van der Waals surface area contributed by atoms with E-state index in [1.807, 2.05) is 30.6 Å². The molecule has 0 saturated carbocycles. The van der Waals surface area contributed by atoms with Gasteiger partial charge in [0.2, 0.25) is 5.91 Å². The van der Waals surface area contributed by atoms with E-state index in [0.717, 1.165) is 51.0 Å². The van der Waals surface area contributed by atoms with Crippen molar-refractivity contribution < 1.29 is 4.79 Å². The number of rotatable bonds is 4. The van der Waals surface area contributed by atoms with Crippen molar-refractivity contribution in [3.8, 4) is 0 Å². The molecule has 33 heavy (non-hydrogen) atoms. The predicted molar refractivity (Wildman–Crippen MR) is 132 cm³/mol. The third kappa shape index (κ3) is 4.86. The Kier molecular flexibility index (Phi) is 6.28. The number of carbonyl (C=O) groups excluding carboxylic acids is 1. The summed E-state index contributed by atoms with van der Waals surface area (Å²) in [6, 6.07) is 23.2. The highest BCUT2D eigenvalue weighted by atomic mass is 16.2. The van der Waals surface area contributed by atoms with Crippen LogP contribution in [-0.4, -0.2) is 40.3 Å². The fraction of sp³-hybridized carbons (Fsp3) is 0.379. The summed E-state index contributed by atoms with van der Waals surface area (Å²) < 4.78 is 0. The lowest BCUT2D eigenvalue weighted by Crippen LogP contribution is -2.48. The number of nitrogens with zero attached hydrogens (tertiary/aromatic N) is 3. The second-order valence-corrected chi connectivity index (χ2v) is 9.90. The molecule has 1 saturated heterocycles. The van der Waals surface area contributed by atoms with Crippen molar-refractivity contribution in [2.24, 2.45) is 5.41 Å². The van der Waals surface area contributed by atoms with Gasteiger partial charge < -0.3 is 4.90 Å². The molecular weight excluding hydrogens is 406 g/mol. The molecule has 3 aromatic rings. The zero-order valence-corrected chi connectivity index (χ0v) is 19.5. The number of benzene rings is 2. The Morgan fingerprint density at radius 3 is 2.33 bits per heavy atom. The summed E-state index contributed by atoms with van der Waals surface area (Å²) in [6.07, 6.45) is 7.06. The van der Waals surface area contributed by atoms with E-state index in [0.29, 0.717) is 6.54 Å². The minimum Gasteiger partial charge on any atom is -0.337 e. The Balaban J connectivity index is 1.36. The molecule has 3 heterocycles. The Morgan fingerprint density at radius 2 is 1.61 bits per heavy atom. The number of amides is 1. The zero-order valence-electron chi connectivity index (χ0n) is 19.5. The minimum absolute atomic E-state index is 0.125. The molecule has 1 aromatic heterocycles. The van der Waals surface area contributed by atoms with E-state index in [9.17, 15) is 4.79 Å². The second kappa shape index (κ2) is 9.48. The van der Waals surface area contributed by atoms with Gasteiger partial charge >= 0.3 is 0 Å². The molecule has 4 heteroatoms. The summed E-state index contributed by atoms with van der Waals surface area (Å²) in [5, 5.41) is 0. The van der Waals surface area contributed by atoms with Gasteiger partial charge in [-0.2, -0.15) is 0 Å². The molecule has 5 rings (SSSR count). The lowest BCUT2D eigenvalue weighted by molar-refractivity contribution is -0.135. The molecule has 0 radical (unpaired) electrons. The van der Waals surface area contributed by atoms with E-state index >= 15 is 0 Å². The third-order valence-electron chi connectivity index (χ3n) is 7.63. The summed E-state index contributed by atoms with van der Waals surface area (Å²) in [4.78, 5) is 22.6. The number of carbonyl (C=O) groups is 1. The quantitative estimate of drug-likeness (QED) is 0.571. The topological polar surface area (TPSA) is 36.4 Å². The van der Waals surface area contributed by atoms with Crippen molar-refractivity contribution in [1.82, 2.24) is 14.8 Å². The number of fused-ring (bicyclic) bond motifs is 1. The molecule has 2 aliphatic heterocycles. The number of likely N-dealkylation sites (tertiary alicyclic amines) is 1. The van der Waals surface area contributed by atoms with Crippen molar-refractivity contribution >= 4 is 5.91 Å². The predicted octanol–water partition coefficient (Wildman–Crippen LogP) is 5.05. The van der Waals surface area contributed by atoms with E-state index in [1.165, 1.54) is 16.7 Å². The molecule has 1 atom stereocenters. The second-order valence-electron chi connectivity index (χ2n) is 9.90. The summed E-state index contributed by atoms with van der Waals surface area (Å²) in [6.45, 7) is 6.73. The molecule has 0 unspecified atom stereocenters. The molecule has 170 valence electrons. The fourth-order valence-corrected chi connectivity index (χ4v) is 5.59. The van der Waals surface area contributed by atoms with Crippen LogP contribution in [0.3, 0.4) is 0 Å². The summed E-state index contributed by atoms with van der Waals surface area (Å²) in [7, 11) is 0. The smallest absolute Gasteiger partial charge is 0.230 e. The van der Waals surface area contributed by atoms with Gasteiger partial charge in [-0.3, -0.25) is 14.7 Å². The molecule has 0 aliphatic carbocycles. The maximum atomic E-state index is 13.7. The number of aromatic nitrogens is 1. The monoisotopic (exact) mass is 439 g/mol. The van der Waals surface area contributed by atoms with Gasteiger partial charge in [0, 0.05) is 32.0 Å². The van der Waals surface area contributed by atoms with Crippen LogP contribution in [0.1, 0.15) is 47.9 Å². The van der Waals surface area contributed by atoms with Gasteiger partial charge in [0.25, 0.3) is 0 Å². The van der Waals surface area contributed by atoms with Crippen LogP contribution in [0.2, 0.25) is 0 Å². The third-order valence-corrected chi connectivity index (χ3v) is 7.63. The van der Waals surface area contributed by atoms with Gasteiger partial charge in [-0.15, -0.1) is 0 Å². The van der Waals surface area contributed by atoms with E-state index in [2.05, 4.69) is 70.2 Å². The van der Waals surface area contributed by atoms with E-state index < -0.39 is 0 Å². The highest BCUT2D eigenvalue weighted by Gasteiger charge is 2.40. The lowest BCUT2D eigenvalue weighted by Gasteiger charge is -2.43. The highest BCUT2D eigenvalue weighted by Crippen LogP contribution is 2.40. The Bertz CT molecular complexity index is 1070. The lowest BCUT2D eigenvalue weighted by atomic mass is 9.73. The van der Waals surface area contributed by atoms with Crippen molar-refractivity contribution in [2.75, 3.05) is 19.6 Å². The van der Waals surface area contributed by atoms with Crippen LogP contribution in [-0.2, 0) is 24.3 Å². The average Bonchev–Trinajstić information content (AvgIpc) is 3.02. The first-order valence-corrected chi connectivity index (χ1v) is 12.1. The number of hydrogen-bond acceptors (Lipinski definition) is 3. The number of hydrogen-bond donors (Lipinski definition) is 0. The average molecular weight is 440 g/mol. The molecule has 0 N–H and O–H groups in total. The first kappa shape index (κ1) is 21.8. The van der Waals surface area contributed by atoms with Gasteiger partial charge in [-0.05, 0) is 79.1 Å². The van der Waals surface area contributed by atoms with Gasteiger partial charge in [0.05, 0.1) is 5.92 Å². The molecule has 1 amide bonds. The minimum atomic E-state index is -0.125. The standard InChI is InChI=1S/C29H33N3O/c1-23(25-7-3-2-4-8-25)28(33)32-21-27-10-6-5-9-26(27)19-29(22-32)13-17-31(18-14-29)20-24-11-15-30-16-12-24/h2-12,15-16,23H,13-14,17-22H2,1H3/t23-/m0/s1. The molecule has 4 nitrogen and oxygen atoms in total. The maximum Gasteiger partial charge on any atom is 0.230 e. The van der Waals surface area contributed by atoms with Crippen LogP contribution < -0.4 is 0 Å². The Labute approximate surface area is 197 Å². The van der Waals surface area contributed by atoms with E-state index in [1.54, 1.807) is 0 Å². The number of piperidine rings is 1. The molecule has 0 bridgehead atoms. The van der Waals surface area contributed by atoms with Crippen molar-refractivity contribution in [2.45, 2.75) is 45.2 Å². The Morgan fingerprint density at radius 1 is 0.939 bits per heavy atom. The first-order chi connectivity index (χ1) is 16.1. The van der Waals surface area contributed by atoms with Crippen LogP contribution >= 0.6 is 0 Å².